The second kappa shape index (κ2) is 11.8. The summed E-state index contributed by atoms with van der Waals surface area (Å²) >= 11 is 3.80. The predicted octanol–water partition coefficient (Wildman–Crippen LogP) is -3.38. The van der Waals surface area contributed by atoms with E-state index in [1.54, 1.807) is 0 Å². The van der Waals surface area contributed by atoms with Gasteiger partial charge >= 0.3 is 0 Å². The van der Waals surface area contributed by atoms with E-state index in [0.29, 0.717) is 29.2 Å². The maximum atomic E-state index is 10.7. The van der Waals surface area contributed by atoms with Crippen molar-refractivity contribution in [2.45, 2.75) is 37.0 Å². The van der Waals surface area contributed by atoms with Gasteiger partial charge in [0.05, 0.1) is 18.6 Å². The molecule has 1 unspecified atom stereocenters. The molecule has 0 aliphatic carbocycles. The molecule has 0 saturated carbocycles. The van der Waals surface area contributed by atoms with Gasteiger partial charge in [0.1, 0.15) is 41.7 Å². The minimum Gasteiger partial charge on any atom is -0.548 e. The minimum atomic E-state index is -1.28. The maximum absolute atomic E-state index is 10.7. The van der Waals surface area contributed by atoms with Crippen LogP contribution in [-0.2, 0) is 20.4 Å². The Balaban J connectivity index is 0.000000785. The molecule has 0 bridgehead atoms. The SMILES string of the molecule is C[S+](CC[C@H](N)C(=O)[O-])C[C@H]1O[C@@H](n2cnc3c(N)ncnc32)[C@H](O)[C@@H]1O.NCCS. The Kier molecular flexibility index (Phi) is 9.74. The van der Waals surface area contributed by atoms with Gasteiger partial charge in [-0.3, -0.25) is 4.57 Å². The number of fused-ring (bicyclic) bond motifs is 1. The summed E-state index contributed by atoms with van der Waals surface area (Å²) < 4.78 is 7.39. The second-order valence-electron chi connectivity index (χ2n) is 7.01. The number of nitrogens with two attached hydrogens (primary N) is 3. The van der Waals surface area contributed by atoms with Crippen molar-refractivity contribution >= 4 is 46.5 Å². The lowest BCUT2D eigenvalue weighted by molar-refractivity contribution is -0.307. The number of carbonyl (C=O) groups is 1. The van der Waals surface area contributed by atoms with Crippen LogP contribution in [0.5, 0.6) is 0 Å². The number of carboxylic acids is 1. The highest BCUT2D eigenvalue weighted by Gasteiger charge is 2.46. The molecule has 31 heavy (non-hydrogen) atoms. The number of aromatic nitrogens is 4. The van der Waals surface area contributed by atoms with Gasteiger partial charge in [-0.1, -0.05) is 0 Å². The van der Waals surface area contributed by atoms with Crippen LogP contribution in [0.2, 0.25) is 0 Å². The summed E-state index contributed by atoms with van der Waals surface area (Å²) in [6, 6.07) is -1.02. The van der Waals surface area contributed by atoms with Crippen LogP contribution in [0, 0.1) is 0 Å². The summed E-state index contributed by atoms with van der Waals surface area (Å²) in [6.07, 6.45) is 1.17. The van der Waals surface area contributed by atoms with E-state index in [1.807, 2.05) is 6.26 Å². The fourth-order valence-corrected chi connectivity index (χ4v) is 4.62. The van der Waals surface area contributed by atoms with Gasteiger partial charge in [0, 0.05) is 24.8 Å². The zero-order chi connectivity index (χ0) is 23.1. The highest BCUT2D eigenvalue weighted by atomic mass is 32.2. The average Bonchev–Trinajstić information content (AvgIpc) is 3.29. The minimum absolute atomic E-state index is 0.211. The molecule has 1 aliphatic heterocycles. The third kappa shape index (κ3) is 6.41. The Labute approximate surface area is 187 Å². The van der Waals surface area contributed by atoms with Crippen LogP contribution in [0.3, 0.4) is 0 Å². The van der Waals surface area contributed by atoms with Crippen LogP contribution in [0.15, 0.2) is 12.7 Å². The number of aliphatic carboxylic acids is 1. The molecule has 6 atom stereocenters. The number of anilines is 1. The van der Waals surface area contributed by atoms with E-state index in [2.05, 4.69) is 27.6 Å². The van der Waals surface area contributed by atoms with E-state index in [1.165, 1.54) is 17.2 Å². The highest BCUT2D eigenvalue weighted by Crippen LogP contribution is 2.32. The number of ether oxygens (including phenoxy) is 1. The Morgan fingerprint density at radius 3 is 2.68 bits per heavy atom. The van der Waals surface area contributed by atoms with E-state index in [0.717, 1.165) is 5.75 Å². The normalized spacial score (nSPS) is 25.1. The molecule has 0 spiro atoms. The molecule has 1 fully saturated rings. The molecule has 8 N–H and O–H groups in total. The first kappa shape index (κ1) is 25.6. The Morgan fingerprint density at radius 2 is 2.06 bits per heavy atom. The summed E-state index contributed by atoms with van der Waals surface area (Å²) in [5.74, 6) is 0.731. The Hall–Kier alpha value is -1.68. The molecule has 0 radical (unpaired) electrons. The first-order valence-corrected chi connectivity index (χ1v) is 12.1. The lowest BCUT2D eigenvalue weighted by Gasteiger charge is -2.16. The summed E-state index contributed by atoms with van der Waals surface area (Å²) in [6.45, 7) is 0.684. The molecule has 1 aliphatic rings. The van der Waals surface area contributed by atoms with Crippen LogP contribution in [0.4, 0.5) is 5.82 Å². The Bertz CT molecular complexity index is 855. The maximum Gasteiger partial charge on any atom is 0.167 e. The summed E-state index contributed by atoms with van der Waals surface area (Å²) in [5.41, 5.74) is 17.0. The van der Waals surface area contributed by atoms with Gasteiger partial charge in [-0.15, -0.1) is 0 Å². The molecule has 3 heterocycles. The fraction of sp³-hybridized carbons (Fsp3) is 0.647. The molecule has 3 rings (SSSR count). The first-order valence-electron chi connectivity index (χ1n) is 9.52. The number of nitrogen functional groups attached to an aromatic ring is 1. The third-order valence-corrected chi connectivity index (χ3v) is 6.74. The van der Waals surface area contributed by atoms with Gasteiger partial charge < -0.3 is 42.1 Å². The zero-order valence-electron chi connectivity index (χ0n) is 17.1. The van der Waals surface area contributed by atoms with Crippen LogP contribution >= 0.6 is 12.6 Å². The van der Waals surface area contributed by atoms with Gasteiger partial charge in [0.25, 0.3) is 0 Å². The van der Waals surface area contributed by atoms with Crippen molar-refractivity contribution in [3.8, 4) is 0 Å². The molecular weight excluding hydrogens is 446 g/mol. The number of imidazole rings is 1. The molecule has 14 heteroatoms. The molecule has 2 aromatic rings. The zero-order valence-corrected chi connectivity index (χ0v) is 18.8. The number of aliphatic hydroxyl groups is 2. The lowest BCUT2D eigenvalue weighted by atomic mass is 10.1. The number of hydrogen-bond donors (Lipinski definition) is 6. The standard InChI is InChI=1S/C15H22N6O5S.C2H7NS/c1-27(3-2-7(16)15(24)25)4-8-10(22)11(23)14(26-8)21-6-20-9-12(17)18-5-19-13(9)21;3-1-2-4/h5-8,10-11,14,22-23H,2-4,16H2,1H3,(H2-,17,18,19,24,25);4H,1-3H2/t7-,8+,10+,11+,14+,27?;/m0./s1. The van der Waals surface area contributed by atoms with Crippen molar-refractivity contribution in [1.82, 2.24) is 19.5 Å². The van der Waals surface area contributed by atoms with Crippen molar-refractivity contribution < 1.29 is 24.9 Å². The smallest absolute Gasteiger partial charge is 0.167 e. The largest absolute Gasteiger partial charge is 0.548 e. The van der Waals surface area contributed by atoms with Crippen molar-refractivity contribution in [3.63, 3.8) is 0 Å². The molecule has 12 nitrogen and oxygen atoms in total. The number of carbonyl (C=O) groups excluding carboxylic acids is 1. The number of nitrogens with zero attached hydrogens (tertiary/aromatic N) is 4. The van der Waals surface area contributed by atoms with E-state index >= 15 is 0 Å². The summed E-state index contributed by atoms with van der Waals surface area (Å²) in [5, 5.41) is 31.5. The highest BCUT2D eigenvalue weighted by molar-refractivity contribution is 7.96. The average molecular weight is 476 g/mol. The number of aliphatic hydroxyl groups excluding tert-OH is 2. The topological polar surface area (TPSA) is 211 Å². The molecule has 0 aromatic carbocycles. The quantitative estimate of drug-likeness (QED) is 0.164. The van der Waals surface area contributed by atoms with Crippen LogP contribution in [0.25, 0.3) is 11.2 Å². The van der Waals surface area contributed by atoms with Crippen molar-refractivity contribution in [2.24, 2.45) is 11.5 Å². The van der Waals surface area contributed by atoms with E-state index in [-0.39, 0.29) is 23.1 Å². The van der Waals surface area contributed by atoms with E-state index < -0.39 is 36.6 Å². The van der Waals surface area contributed by atoms with Crippen LogP contribution in [0.1, 0.15) is 12.6 Å². The van der Waals surface area contributed by atoms with E-state index in [9.17, 15) is 20.1 Å². The van der Waals surface area contributed by atoms with Gasteiger partial charge in [-0.05, 0) is 10.9 Å². The lowest BCUT2D eigenvalue weighted by Crippen LogP contribution is -2.43. The molecule has 1 saturated heterocycles. The predicted molar refractivity (Wildman–Crippen MR) is 119 cm³/mol. The fourth-order valence-electron chi connectivity index (χ4n) is 2.96. The molecule has 0 amide bonds. The van der Waals surface area contributed by atoms with Crippen LogP contribution < -0.4 is 22.3 Å². The third-order valence-electron chi connectivity index (χ3n) is 4.66. The molecule has 174 valence electrons. The summed E-state index contributed by atoms with van der Waals surface area (Å²) in [4.78, 5) is 22.8. The first-order chi connectivity index (χ1) is 14.7. The van der Waals surface area contributed by atoms with Crippen molar-refractivity contribution in [2.75, 3.05) is 35.8 Å². The van der Waals surface area contributed by atoms with Gasteiger partial charge in [-0.25, -0.2) is 15.0 Å². The van der Waals surface area contributed by atoms with Crippen molar-refractivity contribution in [1.29, 1.82) is 0 Å². The summed E-state index contributed by atoms with van der Waals surface area (Å²) in [7, 11) is -0.263. The van der Waals surface area contributed by atoms with E-state index in [4.69, 9.17) is 21.9 Å². The van der Waals surface area contributed by atoms with Gasteiger partial charge in [0.2, 0.25) is 0 Å². The van der Waals surface area contributed by atoms with Gasteiger partial charge in [-0.2, -0.15) is 12.6 Å². The molecule has 2 aromatic heterocycles. The molecular formula is C17H29N7O5S2. The van der Waals surface area contributed by atoms with Crippen molar-refractivity contribution in [3.05, 3.63) is 12.7 Å². The number of hydrogen-bond acceptors (Lipinski definition) is 12. The van der Waals surface area contributed by atoms with Gasteiger partial charge in [0.15, 0.2) is 17.7 Å². The number of thiol groups is 1. The monoisotopic (exact) mass is 475 g/mol. The number of rotatable bonds is 8. The second-order valence-corrected chi connectivity index (χ2v) is 9.76. The van der Waals surface area contributed by atoms with Crippen LogP contribution in [-0.4, -0.2) is 90.1 Å². The Morgan fingerprint density at radius 1 is 1.39 bits per heavy atom. The number of carboxylic acid groups (broad SMARTS) is 1.